The number of rotatable bonds is 25. The molecule has 362 valence electrons. The van der Waals surface area contributed by atoms with E-state index in [2.05, 4.69) is 163 Å². The standard InChI is InChI=1S/C16H32O3.C16H24O.C14H21NO.C12H18/c1-14(2)7-8-16(17)6-5-10-18-12-13-19-11-9-15(3)4;1-12(2)11-16(17)10-7-14-5-8-15(9-6-14)13(3)4;1-10(2)9-14(16)15-13-7-5-12(6-8-13)11(3)4;1-9(2)11-5-7-12(8-6-11)10(3)4/h14-15H,5-13H2,1-4H3;5-6,8-9,12-13H,7,10-11H2,1-4H3;5-8,10-11H,9H2,1-4H3,(H,15,16);5-10H,1-4H3. The first-order valence-electron chi connectivity index (χ1n) is 24.9. The fourth-order valence-electron chi connectivity index (χ4n) is 6.30. The average molecular weight is 886 g/mol. The number of aryl methyl sites for hydroxylation is 1. The molecule has 0 spiro atoms. The summed E-state index contributed by atoms with van der Waals surface area (Å²) in [6.45, 7) is 37.3. The van der Waals surface area contributed by atoms with E-state index in [0.29, 0.717) is 104 Å². The van der Waals surface area contributed by atoms with Crippen molar-refractivity contribution >= 4 is 23.2 Å². The number of hydrogen-bond donors (Lipinski definition) is 1. The van der Waals surface area contributed by atoms with Crippen molar-refractivity contribution in [2.75, 3.05) is 31.7 Å². The number of Topliss-reactive ketones (excluding diaryl/α,β-unsaturated/α-hetero) is 2. The molecule has 3 rings (SSSR count). The van der Waals surface area contributed by atoms with E-state index in [1.807, 2.05) is 26.0 Å². The molecule has 6 heteroatoms. The predicted octanol–water partition coefficient (Wildman–Crippen LogP) is 15.9. The van der Waals surface area contributed by atoms with Crippen LogP contribution in [0.5, 0.6) is 0 Å². The van der Waals surface area contributed by atoms with Crippen molar-refractivity contribution < 1.29 is 23.9 Å². The normalized spacial score (nSPS) is 11.2. The minimum Gasteiger partial charge on any atom is -0.379 e. The molecule has 0 aromatic heterocycles. The third kappa shape index (κ3) is 33.0. The number of anilines is 1. The SMILES string of the molecule is CC(C)CC(=O)CCc1ccc(C(C)C)cc1.CC(C)CC(=O)Nc1ccc(C(C)C)cc1.CC(C)CCOCCOCCCC(=O)CCC(C)C.CC(C)c1ccc(C(C)C)cc1. The monoisotopic (exact) mass is 886 g/mol. The maximum absolute atomic E-state index is 11.6. The van der Waals surface area contributed by atoms with Crippen molar-refractivity contribution in [2.45, 2.75) is 192 Å². The van der Waals surface area contributed by atoms with Crippen LogP contribution in [0.1, 0.15) is 214 Å². The van der Waals surface area contributed by atoms with Crippen molar-refractivity contribution in [1.29, 1.82) is 0 Å². The van der Waals surface area contributed by atoms with Crippen LogP contribution in [0.15, 0.2) is 72.8 Å². The van der Waals surface area contributed by atoms with E-state index in [4.69, 9.17) is 9.47 Å². The quantitative estimate of drug-likeness (QED) is 0.0857. The van der Waals surface area contributed by atoms with Gasteiger partial charge in [-0.15, -0.1) is 0 Å². The first-order chi connectivity index (χ1) is 30.1. The molecule has 1 amide bonds. The second-order valence-electron chi connectivity index (χ2n) is 20.4. The highest BCUT2D eigenvalue weighted by molar-refractivity contribution is 5.90. The average Bonchev–Trinajstić information content (AvgIpc) is 3.22. The van der Waals surface area contributed by atoms with Crippen LogP contribution in [0, 0.1) is 23.7 Å². The van der Waals surface area contributed by atoms with Gasteiger partial charge < -0.3 is 14.8 Å². The third-order valence-electron chi connectivity index (χ3n) is 10.7. The summed E-state index contributed by atoms with van der Waals surface area (Å²) >= 11 is 0. The topological polar surface area (TPSA) is 81.7 Å². The van der Waals surface area contributed by atoms with Gasteiger partial charge in [-0.05, 0) is 113 Å². The summed E-state index contributed by atoms with van der Waals surface area (Å²) in [7, 11) is 0. The predicted molar refractivity (Wildman–Crippen MR) is 276 cm³/mol. The zero-order valence-corrected chi connectivity index (χ0v) is 43.8. The molecule has 0 bridgehead atoms. The molecule has 0 atom stereocenters. The maximum atomic E-state index is 11.6. The molecular weight excluding hydrogens is 791 g/mol. The molecule has 0 fully saturated rings. The van der Waals surface area contributed by atoms with Gasteiger partial charge in [-0.1, -0.05) is 171 Å². The van der Waals surface area contributed by atoms with E-state index in [0.717, 1.165) is 44.4 Å². The van der Waals surface area contributed by atoms with Crippen LogP contribution in [0.4, 0.5) is 5.69 Å². The van der Waals surface area contributed by atoms with E-state index in [-0.39, 0.29) is 5.91 Å². The molecule has 0 aliphatic heterocycles. The molecule has 0 aliphatic rings. The summed E-state index contributed by atoms with van der Waals surface area (Å²) in [6.07, 6.45) is 7.16. The number of carbonyl (C=O) groups excluding carboxylic acids is 3. The zero-order chi connectivity index (χ0) is 48.6. The molecule has 1 N–H and O–H groups in total. The molecule has 6 nitrogen and oxygen atoms in total. The summed E-state index contributed by atoms with van der Waals surface area (Å²) in [4.78, 5) is 34.6. The lowest BCUT2D eigenvalue weighted by molar-refractivity contribution is -0.120. The summed E-state index contributed by atoms with van der Waals surface area (Å²) in [6, 6.07) is 25.7. The first-order valence-corrected chi connectivity index (χ1v) is 24.9. The highest BCUT2D eigenvalue weighted by Crippen LogP contribution is 2.20. The molecule has 0 heterocycles. The van der Waals surface area contributed by atoms with Crippen molar-refractivity contribution in [3.8, 4) is 0 Å². The maximum Gasteiger partial charge on any atom is 0.224 e. The molecule has 3 aromatic rings. The molecule has 3 aromatic carbocycles. The third-order valence-corrected chi connectivity index (χ3v) is 10.7. The Kier molecular flexibility index (Phi) is 33.6. The molecule has 0 unspecified atom stereocenters. The van der Waals surface area contributed by atoms with Crippen LogP contribution in [-0.4, -0.2) is 43.9 Å². The van der Waals surface area contributed by atoms with Crippen molar-refractivity contribution in [3.63, 3.8) is 0 Å². The Morgan fingerprint density at radius 3 is 1.23 bits per heavy atom. The molecule has 0 radical (unpaired) electrons. The Hall–Kier alpha value is -3.61. The molecule has 0 saturated heterocycles. The second-order valence-corrected chi connectivity index (χ2v) is 20.4. The fourth-order valence-corrected chi connectivity index (χ4v) is 6.30. The van der Waals surface area contributed by atoms with E-state index in [1.165, 1.54) is 27.8 Å². The van der Waals surface area contributed by atoms with Gasteiger partial charge in [0.15, 0.2) is 0 Å². The van der Waals surface area contributed by atoms with Gasteiger partial charge in [-0.3, -0.25) is 14.4 Å². The van der Waals surface area contributed by atoms with E-state index in [9.17, 15) is 14.4 Å². The highest BCUT2D eigenvalue weighted by atomic mass is 16.5. The number of benzene rings is 3. The summed E-state index contributed by atoms with van der Waals surface area (Å²) in [5.74, 6) is 5.41. The Morgan fingerprint density at radius 2 is 0.828 bits per heavy atom. The van der Waals surface area contributed by atoms with Gasteiger partial charge in [0, 0.05) is 51.0 Å². The van der Waals surface area contributed by atoms with E-state index in [1.54, 1.807) is 0 Å². The van der Waals surface area contributed by atoms with Crippen LogP contribution in [-0.2, 0) is 30.3 Å². The lowest BCUT2D eigenvalue weighted by atomic mass is 9.97. The first kappa shape index (κ1) is 60.4. The smallest absolute Gasteiger partial charge is 0.224 e. The minimum atomic E-state index is 0.0901. The minimum absolute atomic E-state index is 0.0901. The lowest BCUT2D eigenvalue weighted by Crippen LogP contribution is -2.13. The van der Waals surface area contributed by atoms with Crippen molar-refractivity contribution in [2.24, 2.45) is 23.7 Å². The number of ether oxygens (including phenoxy) is 2. The molecular formula is C58H95NO5. The fraction of sp³-hybridized carbons (Fsp3) is 0.638. The van der Waals surface area contributed by atoms with Crippen LogP contribution in [0.25, 0.3) is 0 Å². The van der Waals surface area contributed by atoms with Gasteiger partial charge in [0.1, 0.15) is 11.6 Å². The molecule has 64 heavy (non-hydrogen) atoms. The Balaban J connectivity index is 0.000000835. The number of nitrogens with one attached hydrogen (secondary N) is 1. The summed E-state index contributed by atoms with van der Waals surface area (Å²) in [5, 5.41) is 2.90. The number of carbonyl (C=O) groups is 3. The largest absolute Gasteiger partial charge is 0.379 e. The lowest BCUT2D eigenvalue weighted by Gasteiger charge is -2.09. The Bertz CT molecular complexity index is 1590. The van der Waals surface area contributed by atoms with Crippen molar-refractivity contribution in [1.82, 2.24) is 0 Å². The number of ketones is 2. The Morgan fingerprint density at radius 1 is 0.422 bits per heavy atom. The second kappa shape index (κ2) is 35.6. The number of hydrogen-bond acceptors (Lipinski definition) is 5. The van der Waals surface area contributed by atoms with E-state index >= 15 is 0 Å². The summed E-state index contributed by atoms with van der Waals surface area (Å²) < 4.78 is 10.9. The zero-order valence-electron chi connectivity index (χ0n) is 43.8. The summed E-state index contributed by atoms with van der Waals surface area (Å²) in [5.41, 5.74) is 7.67. The van der Waals surface area contributed by atoms with Crippen molar-refractivity contribution in [3.05, 3.63) is 101 Å². The van der Waals surface area contributed by atoms with Crippen LogP contribution >= 0.6 is 0 Å². The van der Waals surface area contributed by atoms with E-state index < -0.39 is 0 Å². The van der Waals surface area contributed by atoms with Gasteiger partial charge in [0.25, 0.3) is 0 Å². The van der Waals surface area contributed by atoms with Crippen LogP contribution in [0.2, 0.25) is 0 Å². The van der Waals surface area contributed by atoms with Crippen LogP contribution in [0.3, 0.4) is 0 Å². The van der Waals surface area contributed by atoms with Gasteiger partial charge in [0.05, 0.1) is 13.2 Å². The van der Waals surface area contributed by atoms with Crippen LogP contribution < -0.4 is 5.32 Å². The molecule has 0 aliphatic carbocycles. The Labute approximate surface area is 393 Å². The van der Waals surface area contributed by atoms with Gasteiger partial charge >= 0.3 is 0 Å². The number of amides is 1. The van der Waals surface area contributed by atoms with Gasteiger partial charge in [-0.2, -0.15) is 0 Å². The molecule has 0 saturated carbocycles. The van der Waals surface area contributed by atoms with Gasteiger partial charge in [-0.25, -0.2) is 0 Å². The van der Waals surface area contributed by atoms with Gasteiger partial charge in [0.2, 0.25) is 5.91 Å². The highest BCUT2D eigenvalue weighted by Gasteiger charge is 2.08.